The maximum absolute atomic E-state index is 13.0. The zero-order chi connectivity index (χ0) is 21.8. The van der Waals surface area contributed by atoms with E-state index in [4.69, 9.17) is 0 Å². The van der Waals surface area contributed by atoms with E-state index in [1.807, 2.05) is 55.5 Å². The Labute approximate surface area is 182 Å². The number of para-hydroxylation sites is 1. The highest BCUT2D eigenvalue weighted by Gasteiger charge is 2.28. The Morgan fingerprint density at radius 3 is 2.23 bits per heavy atom. The van der Waals surface area contributed by atoms with Crippen molar-refractivity contribution < 1.29 is 9.59 Å². The third-order valence-electron chi connectivity index (χ3n) is 5.95. The molecule has 6 nitrogen and oxygen atoms in total. The van der Waals surface area contributed by atoms with Gasteiger partial charge in [-0.3, -0.25) is 14.5 Å². The number of hydrogen-bond acceptors (Lipinski definition) is 4. The molecule has 2 heterocycles. The molecule has 1 saturated heterocycles. The van der Waals surface area contributed by atoms with Gasteiger partial charge in [0.25, 0.3) is 11.7 Å². The number of hydrogen-bond donors (Lipinski definition) is 1. The minimum atomic E-state index is -0.584. The molecular formula is C25H28N4O2. The van der Waals surface area contributed by atoms with Crippen molar-refractivity contribution >= 4 is 11.7 Å². The van der Waals surface area contributed by atoms with Gasteiger partial charge >= 0.3 is 0 Å². The monoisotopic (exact) mass is 416 g/mol. The van der Waals surface area contributed by atoms with Gasteiger partial charge in [0.15, 0.2) is 0 Å². The van der Waals surface area contributed by atoms with E-state index in [0.717, 1.165) is 37.2 Å². The zero-order valence-electron chi connectivity index (χ0n) is 18.0. The number of carbonyl (C=O) groups is 2. The predicted octanol–water partition coefficient (Wildman–Crippen LogP) is 3.63. The molecule has 1 aliphatic heterocycles. The molecule has 0 saturated carbocycles. The molecule has 1 aromatic heterocycles. The van der Waals surface area contributed by atoms with Crippen LogP contribution in [0.25, 0.3) is 5.69 Å². The SMILES string of the molecule is Cc1nn(-c2ccccc2)c(C)c1C(=O)C(=O)NC[C@@H](c1ccccc1)N1CCCC1. The Morgan fingerprint density at radius 1 is 0.968 bits per heavy atom. The Morgan fingerprint density at radius 2 is 1.58 bits per heavy atom. The second-order valence-corrected chi connectivity index (χ2v) is 8.00. The standard InChI is InChI=1S/C25H28N4O2/c1-18-23(19(2)29(27-18)21-13-7-4-8-14-21)24(30)25(31)26-17-22(28-15-9-10-16-28)20-11-5-3-6-12-20/h3-8,11-14,22H,9-10,15-17H2,1-2H3,(H,26,31)/t22-/m0/s1. The van der Waals surface area contributed by atoms with E-state index in [-0.39, 0.29) is 6.04 Å². The lowest BCUT2D eigenvalue weighted by molar-refractivity contribution is -0.117. The number of aryl methyl sites for hydroxylation is 1. The quantitative estimate of drug-likeness (QED) is 0.472. The van der Waals surface area contributed by atoms with Crippen molar-refractivity contribution in [3.05, 3.63) is 83.2 Å². The van der Waals surface area contributed by atoms with E-state index in [9.17, 15) is 9.59 Å². The minimum absolute atomic E-state index is 0.0645. The van der Waals surface area contributed by atoms with E-state index >= 15 is 0 Å². The molecule has 1 aliphatic rings. The van der Waals surface area contributed by atoms with Crippen LogP contribution in [-0.4, -0.2) is 46.0 Å². The number of amides is 1. The first-order valence-corrected chi connectivity index (χ1v) is 10.8. The third kappa shape index (κ3) is 4.44. The topological polar surface area (TPSA) is 67.2 Å². The summed E-state index contributed by atoms with van der Waals surface area (Å²) in [6, 6.07) is 19.8. The first kappa shape index (κ1) is 21.0. The van der Waals surface area contributed by atoms with Gasteiger partial charge in [-0.15, -0.1) is 0 Å². The first-order chi connectivity index (χ1) is 15.1. The largest absolute Gasteiger partial charge is 0.347 e. The van der Waals surface area contributed by atoms with Crippen molar-refractivity contribution in [2.45, 2.75) is 32.7 Å². The lowest BCUT2D eigenvalue weighted by Gasteiger charge is -2.28. The highest BCUT2D eigenvalue weighted by atomic mass is 16.2. The van der Waals surface area contributed by atoms with Gasteiger partial charge in [0.05, 0.1) is 28.7 Å². The molecule has 0 aliphatic carbocycles. The molecule has 160 valence electrons. The fraction of sp³-hybridized carbons (Fsp3) is 0.320. The molecule has 6 heteroatoms. The van der Waals surface area contributed by atoms with Gasteiger partial charge in [-0.05, 0) is 57.5 Å². The van der Waals surface area contributed by atoms with Crippen LogP contribution in [0.2, 0.25) is 0 Å². The molecule has 1 N–H and O–H groups in total. The maximum atomic E-state index is 13.0. The van der Waals surface area contributed by atoms with Crippen molar-refractivity contribution in [1.29, 1.82) is 0 Å². The Balaban J connectivity index is 1.51. The summed E-state index contributed by atoms with van der Waals surface area (Å²) in [5, 5.41) is 7.39. The fourth-order valence-corrected chi connectivity index (χ4v) is 4.36. The van der Waals surface area contributed by atoms with Crippen LogP contribution in [0.4, 0.5) is 0 Å². The van der Waals surface area contributed by atoms with Crippen LogP contribution in [0, 0.1) is 13.8 Å². The summed E-state index contributed by atoms with van der Waals surface area (Å²) in [5.74, 6) is -1.12. The van der Waals surface area contributed by atoms with E-state index in [0.29, 0.717) is 23.5 Å². The number of carbonyl (C=O) groups excluding carboxylic acids is 2. The number of ketones is 1. The summed E-state index contributed by atoms with van der Waals surface area (Å²) in [7, 11) is 0. The number of Topliss-reactive ketones (excluding diaryl/α,β-unsaturated/α-hetero) is 1. The molecule has 3 aromatic rings. The van der Waals surface area contributed by atoms with Gasteiger partial charge in [0.1, 0.15) is 0 Å². The predicted molar refractivity (Wildman–Crippen MR) is 120 cm³/mol. The highest BCUT2D eigenvalue weighted by molar-refractivity contribution is 6.43. The van der Waals surface area contributed by atoms with E-state index in [2.05, 4.69) is 27.4 Å². The highest BCUT2D eigenvalue weighted by Crippen LogP contribution is 2.24. The molecule has 4 rings (SSSR count). The average Bonchev–Trinajstić information content (AvgIpc) is 3.43. The molecule has 1 amide bonds. The van der Waals surface area contributed by atoms with Gasteiger partial charge < -0.3 is 5.32 Å². The van der Waals surface area contributed by atoms with Gasteiger partial charge in [-0.25, -0.2) is 4.68 Å². The number of aromatic nitrogens is 2. The Bertz CT molecular complexity index is 1050. The minimum Gasteiger partial charge on any atom is -0.347 e. The van der Waals surface area contributed by atoms with Crippen LogP contribution < -0.4 is 5.32 Å². The van der Waals surface area contributed by atoms with Crippen LogP contribution in [0.1, 0.15) is 46.2 Å². The summed E-state index contributed by atoms with van der Waals surface area (Å²) in [4.78, 5) is 28.2. The molecule has 0 bridgehead atoms. The van der Waals surface area contributed by atoms with Crippen LogP contribution in [0.3, 0.4) is 0 Å². The van der Waals surface area contributed by atoms with Gasteiger partial charge in [-0.1, -0.05) is 48.5 Å². The fourth-order valence-electron chi connectivity index (χ4n) is 4.36. The average molecular weight is 417 g/mol. The number of likely N-dealkylation sites (tertiary alicyclic amines) is 1. The molecule has 31 heavy (non-hydrogen) atoms. The van der Waals surface area contributed by atoms with Crippen molar-refractivity contribution in [2.75, 3.05) is 19.6 Å². The maximum Gasteiger partial charge on any atom is 0.292 e. The zero-order valence-corrected chi connectivity index (χ0v) is 18.0. The number of nitrogens with one attached hydrogen (secondary N) is 1. The van der Waals surface area contributed by atoms with E-state index in [1.54, 1.807) is 11.6 Å². The second kappa shape index (κ2) is 9.27. The molecule has 2 aromatic carbocycles. The van der Waals surface area contributed by atoms with Crippen LogP contribution >= 0.6 is 0 Å². The van der Waals surface area contributed by atoms with E-state index in [1.165, 1.54) is 0 Å². The lowest BCUT2D eigenvalue weighted by Crippen LogP contribution is -2.39. The molecular weight excluding hydrogens is 388 g/mol. The smallest absolute Gasteiger partial charge is 0.292 e. The third-order valence-corrected chi connectivity index (χ3v) is 5.95. The van der Waals surface area contributed by atoms with Gasteiger partial charge in [0.2, 0.25) is 0 Å². The van der Waals surface area contributed by atoms with Crippen molar-refractivity contribution in [3.63, 3.8) is 0 Å². The first-order valence-electron chi connectivity index (χ1n) is 10.8. The number of benzene rings is 2. The summed E-state index contributed by atoms with van der Waals surface area (Å²) in [5.41, 5.74) is 3.62. The van der Waals surface area contributed by atoms with Crippen LogP contribution in [0.15, 0.2) is 60.7 Å². The Kier molecular flexibility index (Phi) is 6.28. The number of nitrogens with zero attached hydrogens (tertiary/aromatic N) is 3. The van der Waals surface area contributed by atoms with Gasteiger partial charge in [-0.2, -0.15) is 5.10 Å². The molecule has 0 radical (unpaired) electrons. The van der Waals surface area contributed by atoms with E-state index < -0.39 is 11.7 Å². The summed E-state index contributed by atoms with van der Waals surface area (Å²) >= 11 is 0. The second-order valence-electron chi connectivity index (χ2n) is 8.00. The molecule has 1 atom stereocenters. The molecule has 1 fully saturated rings. The van der Waals surface area contributed by atoms with Crippen molar-refractivity contribution in [3.8, 4) is 5.69 Å². The van der Waals surface area contributed by atoms with Crippen molar-refractivity contribution in [2.24, 2.45) is 0 Å². The van der Waals surface area contributed by atoms with Crippen LogP contribution in [-0.2, 0) is 4.79 Å². The van der Waals surface area contributed by atoms with Gasteiger partial charge in [0, 0.05) is 6.54 Å². The molecule has 0 spiro atoms. The molecule has 0 unspecified atom stereocenters. The van der Waals surface area contributed by atoms with Crippen LogP contribution in [0.5, 0.6) is 0 Å². The normalized spacial score (nSPS) is 15.0. The summed E-state index contributed by atoms with van der Waals surface area (Å²) in [6.45, 7) is 6.00. The van der Waals surface area contributed by atoms with Crippen molar-refractivity contribution in [1.82, 2.24) is 20.0 Å². The Hall–Kier alpha value is -3.25. The summed E-state index contributed by atoms with van der Waals surface area (Å²) in [6.07, 6.45) is 2.32. The summed E-state index contributed by atoms with van der Waals surface area (Å²) < 4.78 is 1.72. The lowest BCUT2D eigenvalue weighted by atomic mass is 10.0. The number of rotatable bonds is 7.